The molecule has 0 spiro atoms. The van der Waals surface area contributed by atoms with Gasteiger partial charge in [-0.05, 0) is 65.1 Å². The molecule has 0 aromatic carbocycles. The second-order valence-electron chi connectivity index (χ2n) is 7.77. The lowest BCUT2D eigenvalue weighted by atomic mass is 9.97. The van der Waals surface area contributed by atoms with Gasteiger partial charge in [0.2, 0.25) is 5.95 Å². The molecule has 5 heteroatoms. The van der Waals surface area contributed by atoms with Crippen molar-refractivity contribution < 1.29 is 0 Å². The minimum absolute atomic E-state index is 0.490. The van der Waals surface area contributed by atoms with E-state index in [2.05, 4.69) is 41.2 Å². The predicted molar refractivity (Wildman–Crippen MR) is 106 cm³/mol. The molecule has 2 aliphatic heterocycles. The van der Waals surface area contributed by atoms with Crippen LogP contribution in [-0.4, -0.2) is 40.1 Å². The molecule has 26 heavy (non-hydrogen) atoms. The van der Waals surface area contributed by atoms with Gasteiger partial charge in [0.1, 0.15) is 0 Å². The highest BCUT2D eigenvalue weighted by molar-refractivity contribution is 5.65. The Bertz CT molecular complexity index is 761. The van der Waals surface area contributed by atoms with Crippen molar-refractivity contribution >= 4 is 5.95 Å². The molecule has 1 fully saturated rings. The fraction of sp³-hybridized carbons (Fsp3) is 0.571. The summed E-state index contributed by atoms with van der Waals surface area (Å²) >= 11 is 0. The van der Waals surface area contributed by atoms with Gasteiger partial charge in [-0.25, -0.2) is 9.97 Å². The molecular weight excluding hydrogens is 322 g/mol. The van der Waals surface area contributed by atoms with Gasteiger partial charge in [0.25, 0.3) is 0 Å². The van der Waals surface area contributed by atoms with Crippen LogP contribution in [0.2, 0.25) is 0 Å². The predicted octanol–water partition coefficient (Wildman–Crippen LogP) is 3.30. The third kappa shape index (κ3) is 3.32. The largest absolute Gasteiger partial charge is 0.335 e. The van der Waals surface area contributed by atoms with Crippen LogP contribution in [0.1, 0.15) is 50.1 Å². The Kier molecular flexibility index (Phi) is 4.90. The maximum absolute atomic E-state index is 5.10. The van der Waals surface area contributed by atoms with Crippen LogP contribution in [0, 0.1) is 6.92 Å². The average Bonchev–Trinajstić information content (AvgIpc) is 2.87. The molecule has 2 aromatic rings. The second kappa shape index (κ2) is 7.31. The van der Waals surface area contributed by atoms with Crippen LogP contribution in [0.5, 0.6) is 0 Å². The van der Waals surface area contributed by atoms with Crippen LogP contribution in [0.25, 0.3) is 11.3 Å². The van der Waals surface area contributed by atoms with Crippen LogP contribution in [0.15, 0.2) is 18.3 Å². The lowest BCUT2D eigenvalue weighted by Gasteiger charge is -2.39. The number of aromatic nitrogens is 3. The summed E-state index contributed by atoms with van der Waals surface area (Å²) in [6.07, 6.45) is 7.63. The maximum atomic E-state index is 5.10. The fourth-order valence-corrected chi connectivity index (χ4v) is 4.31. The summed E-state index contributed by atoms with van der Waals surface area (Å²) in [6.45, 7) is 8.61. The first-order chi connectivity index (χ1) is 12.6. The van der Waals surface area contributed by atoms with Gasteiger partial charge < -0.3 is 10.2 Å². The monoisotopic (exact) mass is 351 g/mol. The Labute approximate surface area is 156 Å². The zero-order valence-corrected chi connectivity index (χ0v) is 16.1. The number of hydrogen-bond acceptors (Lipinski definition) is 5. The van der Waals surface area contributed by atoms with Crippen molar-refractivity contribution in [2.45, 2.75) is 65.0 Å². The summed E-state index contributed by atoms with van der Waals surface area (Å²) in [5, 5.41) is 3.50. The lowest BCUT2D eigenvalue weighted by Crippen LogP contribution is -2.45. The molecule has 0 saturated carbocycles. The van der Waals surface area contributed by atoms with E-state index < -0.39 is 0 Å². The summed E-state index contributed by atoms with van der Waals surface area (Å²) in [5.41, 5.74) is 5.72. The van der Waals surface area contributed by atoms with E-state index in [4.69, 9.17) is 9.97 Å². The molecular formula is C21H29N5. The summed E-state index contributed by atoms with van der Waals surface area (Å²) in [4.78, 5) is 17.1. The molecule has 0 unspecified atom stereocenters. The number of anilines is 1. The number of rotatable bonds is 2. The van der Waals surface area contributed by atoms with Crippen LogP contribution < -0.4 is 10.2 Å². The summed E-state index contributed by atoms with van der Waals surface area (Å²) in [7, 11) is 0. The van der Waals surface area contributed by atoms with Gasteiger partial charge in [-0.1, -0.05) is 0 Å². The van der Waals surface area contributed by atoms with E-state index in [0.717, 1.165) is 48.8 Å². The maximum Gasteiger partial charge on any atom is 0.226 e. The number of aryl methyl sites for hydroxylation is 1. The molecule has 2 aromatic heterocycles. The second-order valence-corrected chi connectivity index (χ2v) is 7.77. The van der Waals surface area contributed by atoms with E-state index in [0.29, 0.717) is 12.1 Å². The number of fused-ring (bicyclic) bond motifs is 1. The van der Waals surface area contributed by atoms with Crippen molar-refractivity contribution in [1.29, 1.82) is 0 Å². The van der Waals surface area contributed by atoms with Crippen molar-refractivity contribution in [3.8, 4) is 11.3 Å². The van der Waals surface area contributed by atoms with Gasteiger partial charge >= 0.3 is 0 Å². The van der Waals surface area contributed by atoms with E-state index in [9.17, 15) is 0 Å². The fourth-order valence-electron chi connectivity index (χ4n) is 4.31. The number of pyridine rings is 1. The van der Waals surface area contributed by atoms with Gasteiger partial charge in [-0.3, -0.25) is 4.98 Å². The first-order valence-corrected chi connectivity index (χ1v) is 9.95. The summed E-state index contributed by atoms with van der Waals surface area (Å²) in [6, 6.07) is 5.20. The summed E-state index contributed by atoms with van der Waals surface area (Å²) < 4.78 is 0. The number of nitrogens with one attached hydrogen (secondary N) is 1. The molecule has 5 nitrogen and oxygen atoms in total. The summed E-state index contributed by atoms with van der Waals surface area (Å²) in [5.74, 6) is 0.904. The Morgan fingerprint density at radius 1 is 1.04 bits per heavy atom. The molecule has 0 bridgehead atoms. The van der Waals surface area contributed by atoms with E-state index in [1.807, 2.05) is 13.1 Å². The van der Waals surface area contributed by atoms with Crippen LogP contribution in [0.4, 0.5) is 5.95 Å². The zero-order valence-electron chi connectivity index (χ0n) is 16.1. The van der Waals surface area contributed by atoms with Gasteiger partial charge in [-0.2, -0.15) is 0 Å². The molecule has 2 aliphatic rings. The highest BCUT2D eigenvalue weighted by atomic mass is 15.3. The van der Waals surface area contributed by atoms with E-state index in [1.165, 1.54) is 30.5 Å². The van der Waals surface area contributed by atoms with Crippen molar-refractivity contribution in [3.63, 3.8) is 0 Å². The third-order valence-electron chi connectivity index (χ3n) is 5.78. The highest BCUT2D eigenvalue weighted by Crippen LogP contribution is 2.32. The normalized spacial score (nSPS) is 23.4. The van der Waals surface area contributed by atoms with E-state index in [1.54, 1.807) is 0 Å². The minimum Gasteiger partial charge on any atom is -0.335 e. The standard InChI is InChI=1S/C21H29N5/c1-14-7-8-17(13-23-14)20-18-9-11-22-12-10-19(18)24-21(25-20)26-15(2)5-4-6-16(26)3/h7-8,13,15-16,22H,4-6,9-12H2,1-3H3/t15-,16+. The van der Waals surface area contributed by atoms with Gasteiger partial charge in [0.15, 0.2) is 0 Å². The Hall–Kier alpha value is -2.01. The molecule has 0 radical (unpaired) electrons. The molecule has 2 atom stereocenters. The third-order valence-corrected chi connectivity index (χ3v) is 5.78. The molecule has 0 aliphatic carbocycles. The molecule has 4 heterocycles. The number of nitrogens with zero attached hydrogens (tertiary/aromatic N) is 4. The van der Waals surface area contributed by atoms with Gasteiger partial charge in [-0.15, -0.1) is 0 Å². The van der Waals surface area contributed by atoms with Gasteiger partial charge in [0.05, 0.1) is 11.4 Å². The van der Waals surface area contributed by atoms with Crippen molar-refractivity contribution in [1.82, 2.24) is 20.3 Å². The Balaban J connectivity index is 1.84. The smallest absolute Gasteiger partial charge is 0.226 e. The van der Waals surface area contributed by atoms with Gasteiger partial charge in [0, 0.05) is 48.1 Å². The topological polar surface area (TPSA) is 53.9 Å². The number of hydrogen-bond donors (Lipinski definition) is 1. The van der Waals surface area contributed by atoms with Crippen LogP contribution in [0.3, 0.4) is 0 Å². The SMILES string of the molecule is Cc1ccc(-c2nc(N3[C@H](C)CCC[C@@H]3C)nc3c2CCNCC3)cn1. The average molecular weight is 351 g/mol. The zero-order chi connectivity index (χ0) is 18.1. The van der Waals surface area contributed by atoms with E-state index >= 15 is 0 Å². The highest BCUT2D eigenvalue weighted by Gasteiger charge is 2.29. The minimum atomic E-state index is 0.490. The Morgan fingerprint density at radius 3 is 2.54 bits per heavy atom. The molecule has 1 N–H and O–H groups in total. The van der Waals surface area contributed by atoms with Crippen molar-refractivity contribution in [3.05, 3.63) is 35.3 Å². The first kappa shape index (κ1) is 17.4. The first-order valence-electron chi connectivity index (χ1n) is 9.95. The number of piperidine rings is 1. The van der Waals surface area contributed by atoms with Crippen LogP contribution >= 0.6 is 0 Å². The molecule has 4 rings (SSSR count). The molecule has 1 saturated heterocycles. The van der Waals surface area contributed by atoms with Crippen LogP contribution in [-0.2, 0) is 12.8 Å². The molecule has 138 valence electrons. The van der Waals surface area contributed by atoms with Crippen molar-refractivity contribution in [2.75, 3.05) is 18.0 Å². The van der Waals surface area contributed by atoms with Crippen molar-refractivity contribution in [2.24, 2.45) is 0 Å². The van der Waals surface area contributed by atoms with E-state index in [-0.39, 0.29) is 0 Å². The lowest BCUT2D eigenvalue weighted by molar-refractivity contribution is 0.407. The molecule has 0 amide bonds. The Morgan fingerprint density at radius 2 is 1.81 bits per heavy atom. The quantitative estimate of drug-likeness (QED) is 0.900.